The van der Waals surface area contributed by atoms with Gasteiger partial charge >= 0.3 is 0 Å². The molecule has 0 aliphatic carbocycles. The monoisotopic (exact) mass is 238 g/mol. The van der Waals surface area contributed by atoms with Crippen molar-refractivity contribution < 1.29 is 9.66 Å². The van der Waals surface area contributed by atoms with Crippen molar-refractivity contribution in [2.75, 3.05) is 20.3 Å². The molecule has 0 spiro atoms. The van der Waals surface area contributed by atoms with Gasteiger partial charge in [-0.1, -0.05) is 12.1 Å². The highest BCUT2D eigenvalue weighted by molar-refractivity contribution is 5.34. The quantitative estimate of drug-likeness (QED) is 0.428. The molecule has 0 fully saturated rings. The highest BCUT2D eigenvalue weighted by Crippen LogP contribution is 2.12. The maximum Gasteiger partial charge on any atom is 0.269 e. The number of unbranched alkanes of at least 4 members (excludes halogenated alkanes) is 1. The second-order valence-electron chi connectivity index (χ2n) is 3.80. The first-order valence-electron chi connectivity index (χ1n) is 5.67. The van der Waals surface area contributed by atoms with Gasteiger partial charge in [0.25, 0.3) is 5.69 Å². The van der Waals surface area contributed by atoms with Gasteiger partial charge in [-0.15, -0.1) is 0 Å². The van der Waals surface area contributed by atoms with Gasteiger partial charge in [-0.3, -0.25) is 10.1 Å². The molecule has 1 aromatic rings. The van der Waals surface area contributed by atoms with Gasteiger partial charge in [-0.25, -0.2) is 0 Å². The number of nitrogens with zero attached hydrogens (tertiary/aromatic N) is 1. The average molecular weight is 238 g/mol. The van der Waals surface area contributed by atoms with E-state index in [1.165, 1.54) is 6.07 Å². The number of methoxy groups -OCH3 is 1. The van der Waals surface area contributed by atoms with Gasteiger partial charge in [0, 0.05) is 32.4 Å². The summed E-state index contributed by atoms with van der Waals surface area (Å²) in [6.07, 6.45) is 2.07. The van der Waals surface area contributed by atoms with E-state index < -0.39 is 0 Å². The number of nitro benzene ring substituents is 1. The van der Waals surface area contributed by atoms with Gasteiger partial charge in [-0.05, 0) is 24.9 Å². The van der Waals surface area contributed by atoms with Crippen molar-refractivity contribution in [3.05, 3.63) is 39.9 Å². The maximum absolute atomic E-state index is 10.6. The van der Waals surface area contributed by atoms with Gasteiger partial charge in [0.1, 0.15) is 0 Å². The number of non-ortho nitro benzene ring substituents is 1. The van der Waals surface area contributed by atoms with Crippen LogP contribution in [0.25, 0.3) is 0 Å². The summed E-state index contributed by atoms with van der Waals surface area (Å²) >= 11 is 0. The molecule has 1 N–H and O–H groups in total. The molecule has 94 valence electrons. The fraction of sp³-hybridized carbons (Fsp3) is 0.500. The molecule has 0 heterocycles. The largest absolute Gasteiger partial charge is 0.385 e. The number of nitro groups is 1. The lowest BCUT2D eigenvalue weighted by Crippen LogP contribution is -2.15. The zero-order valence-electron chi connectivity index (χ0n) is 10.0. The van der Waals surface area contributed by atoms with E-state index in [1.54, 1.807) is 19.2 Å². The normalized spacial score (nSPS) is 10.4. The molecule has 5 nitrogen and oxygen atoms in total. The molecule has 0 radical (unpaired) electrons. The summed E-state index contributed by atoms with van der Waals surface area (Å²) in [5, 5.41) is 13.8. The molecule has 0 aliphatic rings. The first kappa shape index (κ1) is 13.6. The highest BCUT2D eigenvalue weighted by Gasteiger charge is 2.04. The Labute approximate surface area is 101 Å². The van der Waals surface area contributed by atoms with Crippen LogP contribution in [-0.2, 0) is 11.3 Å². The molecule has 0 saturated heterocycles. The fourth-order valence-electron chi connectivity index (χ4n) is 1.51. The topological polar surface area (TPSA) is 64.4 Å². The third-order valence-corrected chi connectivity index (χ3v) is 2.40. The molecule has 0 saturated carbocycles. The van der Waals surface area contributed by atoms with E-state index in [-0.39, 0.29) is 10.6 Å². The summed E-state index contributed by atoms with van der Waals surface area (Å²) in [6, 6.07) is 6.69. The van der Waals surface area contributed by atoms with Crippen LogP contribution in [0.3, 0.4) is 0 Å². The predicted molar refractivity (Wildman–Crippen MR) is 65.9 cm³/mol. The number of hydrogen-bond donors (Lipinski definition) is 1. The van der Waals surface area contributed by atoms with E-state index in [0.29, 0.717) is 6.54 Å². The summed E-state index contributed by atoms with van der Waals surface area (Å²) in [5.41, 5.74) is 1.08. The molecule has 0 atom stereocenters. The summed E-state index contributed by atoms with van der Waals surface area (Å²) in [4.78, 5) is 10.2. The lowest BCUT2D eigenvalue weighted by Gasteiger charge is -2.04. The van der Waals surface area contributed by atoms with Crippen LogP contribution in [-0.4, -0.2) is 25.2 Å². The van der Waals surface area contributed by atoms with Crippen LogP contribution in [0.15, 0.2) is 24.3 Å². The zero-order chi connectivity index (χ0) is 12.5. The Morgan fingerprint density at radius 1 is 1.41 bits per heavy atom. The molecule has 1 rings (SSSR count). The Hall–Kier alpha value is -1.46. The highest BCUT2D eigenvalue weighted by atomic mass is 16.6. The van der Waals surface area contributed by atoms with E-state index in [0.717, 1.165) is 31.6 Å². The summed E-state index contributed by atoms with van der Waals surface area (Å²) in [5.74, 6) is 0. The Kier molecular flexibility index (Phi) is 6.21. The van der Waals surface area contributed by atoms with Crippen molar-refractivity contribution in [3.8, 4) is 0 Å². The molecule has 0 aromatic heterocycles. The van der Waals surface area contributed by atoms with Gasteiger partial charge < -0.3 is 10.1 Å². The Morgan fingerprint density at radius 2 is 2.24 bits per heavy atom. The second kappa shape index (κ2) is 7.76. The van der Waals surface area contributed by atoms with Crippen LogP contribution in [0, 0.1) is 10.1 Å². The number of rotatable bonds is 8. The third kappa shape index (κ3) is 5.42. The number of nitrogens with one attached hydrogen (secondary N) is 1. The summed E-state index contributed by atoms with van der Waals surface area (Å²) < 4.78 is 4.95. The van der Waals surface area contributed by atoms with Crippen LogP contribution in [0.5, 0.6) is 0 Å². The molecule has 1 aromatic carbocycles. The molecule has 5 heteroatoms. The van der Waals surface area contributed by atoms with Crippen molar-refractivity contribution in [1.82, 2.24) is 5.32 Å². The van der Waals surface area contributed by atoms with E-state index in [2.05, 4.69) is 5.32 Å². The van der Waals surface area contributed by atoms with E-state index >= 15 is 0 Å². The Balaban J connectivity index is 2.27. The van der Waals surface area contributed by atoms with Gasteiger partial charge in [0.2, 0.25) is 0 Å². The molecule has 0 amide bonds. The van der Waals surface area contributed by atoms with Gasteiger partial charge in [-0.2, -0.15) is 0 Å². The molecule has 0 unspecified atom stereocenters. The predicted octanol–water partition coefficient (Wildman–Crippen LogP) is 2.11. The van der Waals surface area contributed by atoms with Crippen LogP contribution in [0.1, 0.15) is 18.4 Å². The van der Waals surface area contributed by atoms with E-state index in [9.17, 15) is 10.1 Å². The van der Waals surface area contributed by atoms with Crippen molar-refractivity contribution in [2.45, 2.75) is 19.4 Å². The molecular formula is C12H18N2O3. The van der Waals surface area contributed by atoms with Crippen molar-refractivity contribution in [2.24, 2.45) is 0 Å². The minimum Gasteiger partial charge on any atom is -0.385 e. The summed E-state index contributed by atoms with van der Waals surface area (Å²) in [7, 11) is 1.69. The van der Waals surface area contributed by atoms with Crippen molar-refractivity contribution in [3.63, 3.8) is 0 Å². The third-order valence-electron chi connectivity index (χ3n) is 2.40. The molecular weight excluding hydrogens is 220 g/mol. The van der Waals surface area contributed by atoms with Crippen LogP contribution in [0.4, 0.5) is 5.69 Å². The van der Waals surface area contributed by atoms with Crippen LogP contribution < -0.4 is 5.32 Å². The minimum atomic E-state index is -0.373. The Bertz CT molecular complexity index is 355. The lowest BCUT2D eigenvalue weighted by molar-refractivity contribution is -0.384. The maximum atomic E-state index is 10.6. The average Bonchev–Trinajstić information content (AvgIpc) is 2.34. The molecule has 0 bridgehead atoms. The first-order chi connectivity index (χ1) is 8.24. The van der Waals surface area contributed by atoms with Crippen molar-refractivity contribution in [1.29, 1.82) is 0 Å². The smallest absolute Gasteiger partial charge is 0.269 e. The second-order valence-corrected chi connectivity index (χ2v) is 3.80. The number of hydrogen-bond acceptors (Lipinski definition) is 4. The number of ether oxygens (including phenoxy) is 1. The van der Waals surface area contributed by atoms with Crippen molar-refractivity contribution >= 4 is 5.69 Å². The zero-order valence-corrected chi connectivity index (χ0v) is 10.0. The fourth-order valence-corrected chi connectivity index (χ4v) is 1.51. The SMILES string of the molecule is COCCCCNCc1cccc([N+](=O)[O-])c1. The minimum absolute atomic E-state index is 0.142. The standard InChI is InChI=1S/C12H18N2O3/c1-17-8-3-2-7-13-10-11-5-4-6-12(9-11)14(15)16/h4-6,9,13H,2-3,7-8,10H2,1H3. The van der Waals surface area contributed by atoms with E-state index in [4.69, 9.17) is 4.74 Å². The molecule has 17 heavy (non-hydrogen) atoms. The number of benzene rings is 1. The van der Waals surface area contributed by atoms with Crippen LogP contribution in [0.2, 0.25) is 0 Å². The van der Waals surface area contributed by atoms with Gasteiger partial charge in [0.05, 0.1) is 4.92 Å². The molecule has 0 aliphatic heterocycles. The summed E-state index contributed by atoms with van der Waals surface area (Å²) in [6.45, 7) is 2.33. The Morgan fingerprint density at radius 3 is 2.94 bits per heavy atom. The van der Waals surface area contributed by atoms with Gasteiger partial charge in [0.15, 0.2) is 0 Å². The first-order valence-corrected chi connectivity index (χ1v) is 5.67. The van der Waals surface area contributed by atoms with Crippen LogP contribution >= 0.6 is 0 Å². The lowest BCUT2D eigenvalue weighted by atomic mass is 10.2. The van der Waals surface area contributed by atoms with E-state index in [1.807, 2.05) is 6.07 Å².